The Morgan fingerprint density at radius 3 is 2.26 bits per heavy atom. The standard InChI is InChI=1S/C11H15NO4S.C2H6/c1-6-5-17-8(9(13)14)7(6)12-10(15)16-11(2,3)4;1-2/h5H,1-4H3,(H,12,15)(H,13,14);1-2H3. The van der Waals surface area contributed by atoms with Gasteiger partial charge in [-0.15, -0.1) is 11.3 Å². The Morgan fingerprint density at radius 2 is 1.84 bits per heavy atom. The summed E-state index contributed by atoms with van der Waals surface area (Å²) in [6.45, 7) is 11.0. The van der Waals surface area contributed by atoms with Crippen molar-refractivity contribution in [3.05, 3.63) is 15.8 Å². The molecule has 0 unspecified atom stereocenters. The van der Waals surface area contributed by atoms with Crippen molar-refractivity contribution in [3.63, 3.8) is 0 Å². The van der Waals surface area contributed by atoms with Crippen LogP contribution in [0.5, 0.6) is 0 Å². The Balaban J connectivity index is 0.00000154. The highest BCUT2D eigenvalue weighted by Gasteiger charge is 2.21. The number of carboxylic acid groups (broad SMARTS) is 1. The molecular formula is C13H21NO4S. The monoisotopic (exact) mass is 287 g/mol. The van der Waals surface area contributed by atoms with Gasteiger partial charge in [0.1, 0.15) is 10.5 Å². The minimum atomic E-state index is -1.06. The van der Waals surface area contributed by atoms with Crippen LogP contribution >= 0.6 is 11.3 Å². The number of hydrogen-bond donors (Lipinski definition) is 2. The van der Waals surface area contributed by atoms with Gasteiger partial charge in [-0.2, -0.15) is 0 Å². The summed E-state index contributed by atoms with van der Waals surface area (Å²) >= 11 is 1.07. The Kier molecular flexibility index (Phi) is 6.55. The van der Waals surface area contributed by atoms with Crippen LogP contribution in [0.15, 0.2) is 5.38 Å². The molecule has 1 amide bonds. The summed E-state index contributed by atoms with van der Waals surface area (Å²) in [5, 5.41) is 13.1. The lowest BCUT2D eigenvalue weighted by atomic mass is 10.2. The van der Waals surface area contributed by atoms with Crippen molar-refractivity contribution >= 4 is 29.1 Å². The Bertz CT molecular complexity index is 446. The van der Waals surface area contributed by atoms with Crippen LogP contribution in [-0.4, -0.2) is 22.8 Å². The predicted octanol–water partition coefficient (Wildman–Crippen LogP) is 4.13. The van der Waals surface area contributed by atoms with Gasteiger partial charge in [0.2, 0.25) is 0 Å². The van der Waals surface area contributed by atoms with Crippen molar-refractivity contribution in [1.29, 1.82) is 0 Å². The number of carbonyl (C=O) groups is 2. The van der Waals surface area contributed by atoms with Gasteiger partial charge in [0.25, 0.3) is 0 Å². The molecular weight excluding hydrogens is 266 g/mol. The maximum Gasteiger partial charge on any atom is 0.412 e. The normalized spacial score (nSPS) is 10.2. The van der Waals surface area contributed by atoms with Gasteiger partial charge >= 0.3 is 12.1 Å². The molecule has 0 aliphatic rings. The lowest BCUT2D eigenvalue weighted by molar-refractivity contribution is 0.0636. The van der Waals surface area contributed by atoms with Gasteiger partial charge in [-0.05, 0) is 38.6 Å². The maximum atomic E-state index is 11.5. The van der Waals surface area contributed by atoms with Crippen LogP contribution < -0.4 is 5.32 Å². The largest absolute Gasteiger partial charge is 0.477 e. The Labute approximate surface area is 117 Å². The molecule has 6 heteroatoms. The molecule has 108 valence electrons. The number of amides is 1. The number of aryl methyl sites for hydroxylation is 1. The van der Waals surface area contributed by atoms with E-state index in [2.05, 4.69) is 5.32 Å². The molecule has 2 N–H and O–H groups in total. The van der Waals surface area contributed by atoms with Crippen molar-refractivity contribution in [3.8, 4) is 0 Å². The highest BCUT2D eigenvalue weighted by molar-refractivity contribution is 7.12. The number of aromatic carboxylic acids is 1. The Hall–Kier alpha value is -1.56. The van der Waals surface area contributed by atoms with Crippen molar-refractivity contribution in [2.45, 2.75) is 47.1 Å². The third-order valence-corrected chi connectivity index (χ3v) is 2.88. The summed E-state index contributed by atoms with van der Waals surface area (Å²) in [5.74, 6) is -1.06. The number of anilines is 1. The molecule has 0 atom stereocenters. The summed E-state index contributed by atoms with van der Waals surface area (Å²) < 4.78 is 5.06. The van der Waals surface area contributed by atoms with Crippen molar-refractivity contribution < 1.29 is 19.4 Å². The molecule has 0 bridgehead atoms. The fourth-order valence-electron chi connectivity index (χ4n) is 1.16. The van der Waals surface area contributed by atoms with E-state index >= 15 is 0 Å². The number of nitrogens with one attached hydrogen (secondary N) is 1. The number of carboxylic acids is 1. The van der Waals surface area contributed by atoms with Crippen LogP contribution in [0.1, 0.15) is 49.9 Å². The molecule has 5 nitrogen and oxygen atoms in total. The van der Waals surface area contributed by atoms with Gasteiger partial charge < -0.3 is 9.84 Å². The first-order valence-electron chi connectivity index (χ1n) is 6.02. The zero-order valence-corrected chi connectivity index (χ0v) is 13.0. The van der Waals surface area contributed by atoms with Crippen LogP contribution in [0.25, 0.3) is 0 Å². The summed E-state index contributed by atoms with van der Waals surface area (Å²) in [6, 6.07) is 0. The van der Waals surface area contributed by atoms with Crippen LogP contribution in [0, 0.1) is 6.92 Å². The highest BCUT2D eigenvalue weighted by Crippen LogP contribution is 2.28. The minimum absolute atomic E-state index is 0.105. The first kappa shape index (κ1) is 17.4. The summed E-state index contributed by atoms with van der Waals surface area (Å²) in [5.41, 5.74) is 0.396. The molecule has 0 saturated carbocycles. The Morgan fingerprint density at radius 1 is 1.32 bits per heavy atom. The number of ether oxygens (including phenoxy) is 1. The minimum Gasteiger partial charge on any atom is -0.477 e. The second kappa shape index (κ2) is 7.13. The van der Waals surface area contributed by atoms with Gasteiger partial charge in [-0.3, -0.25) is 5.32 Å². The SMILES string of the molecule is CC.Cc1csc(C(=O)O)c1NC(=O)OC(C)(C)C. The average molecular weight is 287 g/mol. The van der Waals surface area contributed by atoms with Gasteiger partial charge in [0.05, 0.1) is 5.69 Å². The van der Waals surface area contributed by atoms with Gasteiger partial charge in [0.15, 0.2) is 0 Å². The summed E-state index contributed by atoms with van der Waals surface area (Å²) in [4.78, 5) is 22.6. The number of rotatable bonds is 2. The van der Waals surface area contributed by atoms with Crippen molar-refractivity contribution in [1.82, 2.24) is 0 Å². The van der Waals surface area contributed by atoms with E-state index in [0.717, 1.165) is 11.3 Å². The zero-order valence-electron chi connectivity index (χ0n) is 12.2. The topological polar surface area (TPSA) is 75.6 Å². The van der Waals surface area contributed by atoms with Gasteiger partial charge in [-0.25, -0.2) is 9.59 Å². The molecule has 0 radical (unpaired) electrons. The van der Waals surface area contributed by atoms with Crippen LogP contribution in [0.2, 0.25) is 0 Å². The number of carbonyl (C=O) groups excluding carboxylic acids is 1. The number of hydrogen-bond acceptors (Lipinski definition) is 4. The second-order valence-electron chi connectivity index (χ2n) is 4.55. The zero-order chi connectivity index (χ0) is 15.2. The maximum absolute atomic E-state index is 11.5. The fraction of sp³-hybridized carbons (Fsp3) is 0.538. The molecule has 0 fully saturated rings. The lowest BCUT2D eigenvalue weighted by Gasteiger charge is -2.19. The fourth-order valence-corrected chi connectivity index (χ4v) is 2.01. The first-order chi connectivity index (χ1) is 8.70. The molecule has 0 spiro atoms. The number of thiophene rings is 1. The van der Waals surface area contributed by atoms with Gasteiger partial charge in [0, 0.05) is 0 Å². The smallest absolute Gasteiger partial charge is 0.412 e. The summed E-state index contributed by atoms with van der Waals surface area (Å²) in [7, 11) is 0. The van der Waals surface area contributed by atoms with E-state index in [1.54, 1.807) is 33.1 Å². The molecule has 0 aliphatic carbocycles. The van der Waals surface area contributed by atoms with Crippen molar-refractivity contribution in [2.24, 2.45) is 0 Å². The van der Waals surface area contributed by atoms with E-state index in [0.29, 0.717) is 11.3 Å². The third-order valence-electron chi connectivity index (χ3n) is 1.80. The molecule has 0 aromatic carbocycles. The van der Waals surface area contributed by atoms with Gasteiger partial charge in [-0.1, -0.05) is 13.8 Å². The lowest BCUT2D eigenvalue weighted by Crippen LogP contribution is -2.27. The molecule has 19 heavy (non-hydrogen) atoms. The van der Waals surface area contributed by atoms with E-state index < -0.39 is 17.7 Å². The highest BCUT2D eigenvalue weighted by atomic mass is 32.1. The quantitative estimate of drug-likeness (QED) is 0.857. The molecule has 1 aromatic rings. The molecule has 1 rings (SSSR count). The van der Waals surface area contributed by atoms with E-state index in [1.807, 2.05) is 13.8 Å². The average Bonchev–Trinajstić information content (AvgIpc) is 2.61. The van der Waals surface area contributed by atoms with E-state index in [4.69, 9.17) is 9.84 Å². The van der Waals surface area contributed by atoms with Crippen LogP contribution in [-0.2, 0) is 4.74 Å². The summed E-state index contributed by atoms with van der Waals surface area (Å²) in [6.07, 6.45) is -0.651. The third kappa shape index (κ3) is 5.74. The van der Waals surface area contributed by atoms with Crippen molar-refractivity contribution in [2.75, 3.05) is 5.32 Å². The molecule has 0 saturated heterocycles. The van der Waals surface area contributed by atoms with E-state index in [-0.39, 0.29) is 4.88 Å². The molecule has 0 aliphatic heterocycles. The predicted molar refractivity (Wildman–Crippen MR) is 77.2 cm³/mol. The van der Waals surface area contributed by atoms with E-state index in [1.165, 1.54) is 0 Å². The van der Waals surface area contributed by atoms with Crippen LogP contribution in [0.3, 0.4) is 0 Å². The molecule has 1 aromatic heterocycles. The van der Waals surface area contributed by atoms with E-state index in [9.17, 15) is 9.59 Å². The molecule has 1 heterocycles. The second-order valence-corrected chi connectivity index (χ2v) is 5.43. The van der Waals surface area contributed by atoms with Crippen LogP contribution in [0.4, 0.5) is 10.5 Å². The first-order valence-corrected chi connectivity index (χ1v) is 6.90.